The van der Waals surface area contributed by atoms with Crippen LogP contribution in [0.2, 0.25) is 0 Å². The zero-order valence-electron chi connectivity index (χ0n) is 7.71. The molecule has 7 heteroatoms. The van der Waals surface area contributed by atoms with Crippen molar-refractivity contribution in [2.45, 2.75) is 6.43 Å². The molecule has 0 radical (unpaired) electrons. The fourth-order valence-electron chi connectivity index (χ4n) is 0.958. The molecule has 0 atom stereocenters. The lowest BCUT2D eigenvalue weighted by atomic mass is 10.2. The summed E-state index contributed by atoms with van der Waals surface area (Å²) in [5, 5.41) is 2.34. The zero-order valence-corrected chi connectivity index (χ0v) is 7.71. The minimum atomic E-state index is -2.50. The van der Waals surface area contributed by atoms with Crippen LogP contribution in [0.25, 0.3) is 0 Å². The zero-order chi connectivity index (χ0) is 11.4. The highest BCUT2D eigenvalue weighted by Crippen LogP contribution is 2.14. The number of aromatic nitrogens is 1. The molecule has 82 valence electrons. The Morgan fingerprint density at radius 1 is 1.60 bits per heavy atom. The smallest absolute Gasteiger partial charge is 0.255 e. The third kappa shape index (κ3) is 3.04. The Bertz CT molecular complexity index is 370. The van der Waals surface area contributed by atoms with Gasteiger partial charge in [-0.05, 0) is 6.07 Å². The van der Waals surface area contributed by atoms with Crippen LogP contribution in [-0.4, -0.2) is 23.9 Å². The highest BCUT2D eigenvalue weighted by molar-refractivity contribution is 5.98. The van der Waals surface area contributed by atoms with E-state index < -0.39 is 18.9 Å². The van der Waals surface area contributed by atoms with Crippen LogP contribution < -0.4 is 16.8 Å². The third-order valence-corrected chi connectivity index (χ3v) is 1.64. The molecule has 1 heterocycles. The number of amides is 1. The predicted octanol–water partition coefficient (Wildman–Crippen LogP) is 0.440. The molecule has 1 rings (SSSR count). The van der Waals surface area contributed by atoms with Crippen molar-refractivity contribution in [1.82, 2.24) is 4.98 Å². The first-order valence-corrected chi connectivity index (χ1v) is 4.08. The van der Waals surface area contributed by atoms with E-state index in [0.717, 1.165) is 0 Å². The SMILES string of the molecule is NC(=O)c1cc(NCC(F)F)ncc1N. The van der Waals surface area contributed by atoms with Crippen LogP contribution >= 0.6 is 0 Å². The Morgan fingerprint density at radius 3 is 2.80 bits per heavy atom. The molecule has 15 heavy (non-hydrogen) atoms. The van der Waals surface area contributed by atoms with Crippen LogP contribution in [0, 0.1) is 0 Å². The number of nitrogens with zero attached hydrogens (tertiary/aromatic N) is 1. The van der Waals surface area contributed by atoms with E-state index in [-0.39, 0.29) is 17.1 Å². The summed E-state index contributed by atoms with van der Waals surface area (Å²) in [6.07, 6.45) is -1.31. The molecule has 0 aliphatic rings. The molecule has 0 aromatic carbocycles. The average Bonchev–Trinajstić information content (AvgIpc) is 2.16. The molecule has 0 saturated heterocycles. The topological polar surface area (TPSA) is 94.0 Å². The molecule has 0 fully saturated rings. The Hall–Kier alpha value is -1.92. The summed E-state index contributed by atoms with van der Waals surface area (Å²) in [6, 6.07) is 1.24. The predicted molar refractivity (Wildman–Crippen MR) is 51.7 cm³/mol. The fraction of sp³-hybridized carbons (Fsp3) is 0.250. The molecule has 0 spiro atoms. The van der Waals surface area contributed by atoms with E-state index in [9.17, 15) is 13.6 Å². The number of rotatable bonds is 4. The number of nitrogen functional groups attached to an aromatic ring is 1. The molecule has 0 unspecified atom stereocenters. The monoisotopic (exact) mass is 216 g/mol. The molecule has 5 N–H and O–H groups in total. The van der Waals surface area contributed by atoms with Crippen LogP contribution in [0.3, 0.4) is 0 Å². The lowest BCUT2D eigenvalue weighted by Crippen LogP contribution is -2.16. The number of hydrogen-bond donors (Lipinski definition) is 3. The van der Waals surface area contributed by atoms with Gasteiger partial charge in [0, 0.05) is 0 Å². The summed E-state index contributed by atoms with van der Waals surface area (Å²) in [6.45, 7) is -0.547. The Morgan fingerprint density at radius 2 is 2.27 bits per heavy atom. The van der Waals surface area contributed by atoms with E-state index in [2.05, 4.69) is 10.3 Å². The lowest BCUT2D eigenvalue weighted by Gasteiger charge is -2.07. The number of primary amides is 1. The van der Waals surface area contributed by atoms with Crippen molar-refractivity contribution in [2.75, 3.05) is 17.6 Å². The second kappa shape index (κ2) is 4.54. The van der Waals surface area contributed by atoms with E-state index in [1.54, 1.807) is 0 Å². The van der Waals surface area contributed by atoms with Gasteiger partial charge in [0.25, 0.3) is 12.3 Å². The summed E-state index contributed by atoms with van der Waals surface area (Å²) in [4.78, 5) is 14.6. The van der Waals surface area contributed by atoms with Gasteiger partial charge in [0.05, 0.1) is 24.0 Å². The standard InChI is InChI=1S/C8H10F2N4O/c9-6(10)3-14-7-1-4(8(12)15)5(11)2-13-7/h1-2,6H,3,11H2,(H2,12,15)(H,13,14). The maximum absolute atomic E-state index is 11.9. The van der Waals surface area contributed by atoms with E-state index in [4.69, 9.17) is 11.5 Å². The van der Waals surface area contributed by atoms with Crippen molar-refractivity contribution >= 4 is 17.4 Å². The van der Waals surface area contributed by atoms with E-state index >= 15 is 0 Å². The van der Waals surface area contributed by atoms with E-state index in [1.807, 2.05) is 0 Å². The van der Waals surface area contributed by atoms with Crippen molar-refractivity contribution in [3.8, 4) is 0 Å². The van der Waals surface area contributed by atoms with Crippen LogP contribution in [0.4, 0.5) is 20.3 Å². The first kappa shape index (κ1) is 11.2. The maximum atomic E-state index is 11.9. The van der Waals surface area contributed by atoms with Gasteiger partial charge in [-0.2, -0.15) is 0 Å². The summed E-state index contributed by atoms with van der Waals surface area (Å²) in [5.41, 5.74) is 10.6. The number of alkyl halides is 2. The van der Waals surface area contributed by atoms with Gasteiger partial charge in [-0.3, -0.25) is 4.79 Å². The number of carbonyl (C=O) groups excluding carboxylic acids is 1. The number of carbonyl (C=O) groups is 1. The van der Waals surface area contributed by atoms with Gasteiger partial charge < -0.3 is 16.8 Å². The third-order valence-electron chi connectivity index (χ3n) is 1.64. The fourth-order valence-corrected chi connectivity index (χ4v) is 0.958. The van der Waals surface area contributed by atoms with Crippen molar-refractivity contribution in [3.63, 3.8) is 0 Å². The molecule has 0 aliphatic carbocycles. The van der Waals surface area contributed by atoms with Gasteiger partial charge in [-0.1, -0.05) is 0 Å². The lowest BCUT2D eigenvalue weighted by molar-refractivity contribution is 0.100. The molecular weight excluding hydrogens is 206 g/mol. The highest BCUT2D eigenvalue weighted by Gasteiger charge is 2.08. The summed E-state index contributed by atoms with van der Waals surface area (Å²) >= 11 is 0. The first-order chi connectivity index (χ1) is 7.00. The van der Waals surface area contributed by atoms with Crippen LogP contribution in [0.5, 0.6) is 0 Å². The molecule has 1 aromatic rings. The Kier molecular flexibility index (Phi) is 3.37. The summed E-state index contributed by atoms with van der Waals surface area (Å²) in [7, 11) is 0. The van der Waals surface area contributed by atoms with Gasteiger partial charge in [0.1, 0.15) is 5.82 Å². The van der Waals surface area contributed by atoms with E-state index in [0.29, 0.717) is 0 Å². The minimum absolute atomic E-state index is 0.0572. The quantitative estimate of drug-likeness (QED) is 0.680. The van der Waals surface area contributed by atoms with Gasteiger partial charge >= 0.3 is 0 Å². The van der Waals surface area contributed by atoms with Crippen LogP contribution in [0.1, 0.15) is 10.4 Å². The van der Waals surface area contributed by atoms with Gasteiger partial charge in [-0.15, -0.1) is 0 Å². The molecule has 5 nitrogen and oxygen atoms in total. The Balaban J connectivity index is 2.83. The number of nitrogens with one attached hydrogen (secondary N) is 1. The number of anilines is 2. The van der Waals surface area contributed by atoms with Crippen LogP contribution in [-0.2, 0) is 0 Å². The average molecular weight is 216 g/mol. The normalized spacial score (nSPS) is 10.3. The van der Waals surface area contributed by atoms with Crippen molar-refractivity contribution in [3.05, 3.63) is 17.8 Å². The largest absolute Gasteiger partial charge is 0.397 e. The summed E-state index contributed by atoms with van der Waals surface area (Å²) < 4.78 is 23.7. The second-order valence-corrected chi connectivity index (χ2v) is 2.79. The van der Waals surface area contributed by atoms with Gasteiger partial charge in [-0.25, -0.2) is 13.8 Å². The Labute approximate surface area is 84.5 Å². The van der Waals surface area contributed by atoms with Crippen molar-refractivity contribution < 1.29 is 13.6 Å². The van der Waals surface area contributed by atoms with Crippen molar-refractivity contribution in [2.24, 2.45) is 5.73 Å². The minimum Gasteiger partial charge on any atom is -0.397 e. The van der Waals surface area contributed by atoms with E-state index in [1.165, 1.54) is 12.3 Å². The number of pyridine rings is 1. The first-order valence-electron chi connectivity index (χ1n) is 4.08. The number of hydrogen-bond acceptors (Lipinski definition) is 4. The molecule has 1 amide bonds. The van der Waals surface area contributed by atoms with Gasteiger partial charge in [0.2, 0.25) is 0 Å². The second-order valence-electron chi connectivity index (χ2n) is 2.79. The number of halogens is 2. The molecule has 0 aliphatic heterocycles. The molecule has 0 bridgehead atoms. The van der Waals surface area contributed by atoms with Crippen molar-refractivity contribution in [1.29, 1.82) is 0 Å². The van der Waals surface area contributed by atoms with Gasteiger partial charge in [0.15, 0.2) is 0 Å². The van der Waals surface area contributed by atoms with Crippen LogP contribution in [0.15, 0.2) is 12.3 Å². The molecule has 1 aromatic heterocycles. The highest BCUT2D eigenvalue weighted by atomic mass is 19.3. The summed E-state index contributed by atoms with van der Waals surface area (Å²) in [5.74, 6) is -0.590. The maximum Gasteiger partial charge on any atom is 0.255 e. The number of nitrogens with two attached hydrogens (primary N) is 2. The molecular formula is C8H10F2N4O. The molecule has 0 saturated carbocycles.